The number of hydrogen-bond donors (Lipinski definition) is 0. The van der Waals surface area contributed by atoms with Crippen LogP contribution in [0.25, 0.3) is 44.0 Å². The third-order valence-electron chi connectivity index (χ3n) is 5.98. The minimum absolute atomic E-state index is 0.325. The van der Waals surface area contributed by atoms with Gasteiger partial charge in [0.15, 0.2) is 0 Å². The van der Waals surface area contributed by atoms with Crippen molar-refractivity contribution in [1.82, 2.24) is 0 Å². The first-order valence-electron chi connectivity index (χ1n) is 10.2. The summed E-state index contributed by atoms with van der Waals surface area (Å²) in [5.74, 6) is 0. The molecule has 5 rings (SSSR count). The first kappa shape index (κ1) is 18.4. The fourth-order valence-corrected chi connectivity index (χ4v) is 4.62. The summed E-state index contributed by atoms with van der Waals surface area (Å²) in [5.41, 5.74) is 8.14. The fraction of sp³-hybridized carbons (Fsp3) is 0.107. The van der Waals surface area contributed by atoms with E-state index in [1.807, 2.05) is 36.4 Å². The van der Waals surface area contributed by atoms with Gasteiger partial charge in [-0.2, -0.15) is 0 Å². The lowest BCUT2D eigenvalue weighted by atomic mass is 9.87. The molecule has 0 aliphatic carbocycles. The topological polar surface area (TPSA) is 30.2 Å². The van der Waals surface area contributed by atoms with E-state index in [2.05, 4.69) is 57.2 Å². The van der Waals surface area contributed by atoms with Crippen molar-refractivity contribution in [3.05, 3.63) is 106 Å². The Balaban J connectivity index is 1.92. The number of hydrogen-bond acceptors (Lipinski definition) is 2. The van der Waals surface area contributed by atoms with Crippen LogP contribution in [0.4, 0.5) is 0 Å². The summed E-state index contributed by atoms with van der Waals surface area (Å²) in [7, 11) is 0. The van der Waals surface area contributed by atoms with Gasteiger partial charge in [0, 0.05) is 17.0 Å². The van der Waals surface area contributed by atoms with Crippen molar-refractivity contribution in [2.75, 3.05) is 0 Å². The van der Waals surface area contributed by atoms with Crippen molar-refractivity contribution in [2.24, 2.45) is 0 Å². The second kappa shape index (κ2) is 7.00. The van der Waals surface area contributed by atoms with Gasteiger partial charge in [-0.3, -0.25) is 0 Å². The molecule has 0 saturated heterocycles. The van der Waals surface area contributed by atoms with Crippen molar-refractivity contribution in [3.8, 4) is 22.3 Å². The van der Waals surface area contributed by atoms with E-state index in [9.17, 15) is 4.79 Å². The van der Waals surface area contributed by atoms with Gasteiger partial charge in [-0.1, -0.05) is 66.7 Å². The zero-order valence-corrected chi connectivity index (χ0v) is 17.3. The maximum atomic E-state index is 12.3. The third-order valence-corrected chi connectivity index (χ3v) is 5.98. The highest BCUT2D eigenvalue weighted by Gasteiger charge is 2.18. The highest BCUT2D eigenvalue weighted by molar-refractivity contribution is 6.05. The molecule has 0 atom stereocenters. The zero-order valence-electron chi connectivity index (χ0n) is 17.3. The van der Waals surface area contributed by atoms with Crippen LogP contribution >= 0.6 is 0 Å². The highest BCUT2D eigenvalue weighted by atomic mass is 16.4. The van der Waals surface area contributed by atoms with Gasteiger partial charge in [-0.25, -0.2) is 4.79 Å². The summed E-state index contributed by atoms with van der Waals surface area (Å²) in [4.78, 5) is 12.3. The van der Waals surface area contributed by atoms with Crippen LogP contribution in [0, 0.1) is 20.8 Å². The molecule has 0 radical (unpaired) electrons. The van der Waals surface area contributed by atoms with Crippen molar-refractivity contribution >= 4 is 21.7 Å². The molecule has 0 aliphatic heterocycles. The molecule has 1 aromatic heterocycles. The summed E-state index contributed by atoms with van der Waals surface area (Å²) in [6.07, 6.45) is 0. The first-order chi connectivity index (χ1) is 14.5. The van der Waals surface area contributed by atoms with Crippen LogP contribution < -0.4 is 5.63 Å². The molecule has 0 fully saturated rings. The molecule has 0 aliphatic rings. The first-order valence-corrected chi connectivity index (χ1v) is 10.2. The van der Waals surface area contributed by atoms with Gasteiger partial charge >= 0.3 is 5.63 Å². The smallest absolute Gasteiger partial charge is 0.336 e. The van der Waals surface area contributed by atoms with Crippen molar-refractivity contribution in [1.29, 1.82) is 0 Å². The fourth-order valence-electron chi connectivity index (χ4n) is 4.62. The molecule has 0 spiro atoms. The van der Waals surface area contributed by atoms with Gasteiger partial charge < -0.3 is 4.42 Å². The highest BCUT2D eigenvalue weighted by Crippen LogP contribution is 2.40. The summed E-state index contributed by atoms with van der Waals surface area (Å²) in [6.45, 7) is 6.37. The zero-order chi connectivity index (χ0) is 20.8. The molecule has 0 amide bonds. The van der Waals surface area contributed by atoms with Crippen LogP contribution in [0.3, 0.4) is 0 Å². The summed E-state index contributed by atoms with van der Waals surface area (Å²) in [5, 5.41) is 3.49. The predicted octanol–water partition coefficient (Wildman–Crippen LogP) is 7.21. The standard InChI is InChI=1S/C28H22O2/c1-17-13-14-23(22-12-8-7-11-21(17)22)27-18(2)15-25-28(19(27)3)24(16-26(29)30-25)20-9-5-4-6-10-20/h4-16H,1-3H3. The number of rotatable bonds is 2. The molecule has 0 unspecified atom stereocenters. The van der Waals surface area contributed by atoms with E-state index >= 15 is 0 Å². The van der Waals surface area contributed by atoms with Gasteiger partial charge in [0.1, 0.15) is 5.58 Å². The molecule has 2 heteroatoms. The van der Waals surface area contributed by atoms with E-state index in [0.717, 1.165) is 27.6 Å². The Kier molecular flexibility index (Phi) is 4.29. The quantitative estimate of drug-likeness (QED) is 0.298. The predicted molar refractivity (Wildman–Crippen MR) is 125 cm³/mol. The second-order valence-corrected chi connectivity index (χ2v) is 7.89. The van der Waals surface area contributed by atoms with E-state index in [0.29, 0.717) is 5.58 Å². The molecule has 4 aromatic carbocycles. The maximum absolute atomic E-state index is 12.3. The van der Waals surface area contributed by atoms with E-state index in [1.54, 1.807) is 6.07 Å². The van der Waals surface area contributed by atoms with Crippen LogP contribution in [-0.4, -0.2) is 0 Å². The molecule has 0 bridgehead atoms. The molecule has 0 saturated carbocycles. The normalized spacial score (nSPS) is 11.3. The van der Waals surface area contributed by atoms with Crippen molar-refractivity contribution in [2.45, 2.75) is 20.8 Å². The van der Waals surface area contributed by atoms with E-state index < -0.39 is 0 Å². The molecule has 0 N–H and O–H groups in total. The van der Waals surface area contributed by atoms with Crippen LogP contribution in [0.5, 0.6) is 0 Å². The van der Waals surface area contributed by atoms with E-state index in [4.69, 9.17) is 4.42 Å². The Hall–Kier alpha value is -3.65. The molecular weight excluding hydrogens is 368 g/mol. The summed E-state index contributed by atoms with van der Waals surface area (Å²) >= 11 is 0. The van der Waals surface area contributed by atoms with E-state index in [-0.39, 0.29) is 5.63 Å². The van der Waals surface area contributed by atoms with Gasteiger partial charge in [0.2, 0.25) is 0 Å². The molecule has 2 nitrogen and oxygen atoms in total. The van der Waals surface area contributed by atoms with Gasteiger partial charge in [0.05, 0.1) is 0 Å². The number of aryl methyl sites for hydroxylation is 3. The Morgan fingerprint density at radius 2 is 1.37 bits per heavy atom. The third kappa shape index (κ3) is 2.84. The van der Waals surface area contributed by atoms with Crippen molar-refractivity contribution in [3.63, 3.8) is 0 Å². The average Bonchev–Trinajstić information content (AvgIpc) is 2.75. The minimum atomic E-state index is -0.325. The Labute approximate surface area is 175 Å². The molecule has 1 heterocycles. The lowest BCUT2D eigenvalue weighted by Gasteiger charge is -2.18. The Morgan fingerprint density at radius 3 is 2.13 bits per heavy atom. The van der Waals surface area contributed by atoms with Crippen molar-refractivity contribution < 1.29 is 4.42 Å². The van der Waals surface area contributed by atoms with Crippen LogP contribution in [0.15, 0.2) is 88.1 Å². The lowest BCUT2D eigenvalue weighted by Crippen LogP contribution is -2.01. The van der Waals surface area contributed by atoms with Crippen LogP contribution in [0.2, 0.25) is 0 Å². The Morgan fingerprint density at radius 1 is 0.667 bits per heavy atom. The second-order valence-electron chi connectivity index (χ2n) is 7.89. The van der Waals surface area contributed by atoms with Crippen LogP contribution in [-0.2, 0) is 0 Å². The average molecular weight is 390 g/mol. The van der Waals surface area contributed by atoms with Gasteiger partial charge in [-0.05, 0) is 71.0 Å². The Bertz CT molecular complexity index is 1470. The van der Waals surface area contributed by atoms with Crippen LogP contribution in [0.1, 0.15) is 16.7 Å². The molecule has 146 valence electrons. The largest absolute Gasteiger partial charge is 0.423 e. The summed E-state index contributed by atoms with van der Waals surface area (Å²) < 4.78 is 5.63. The van der Waals surface area contributed by atoms with E-state index in [1.165, 1.54) is 27.5 Å². The maximum Gasteiger partial charge on any atom is 0.336 e. The lowest BCUT2D eigenvalue weighted by molar-refractivity contribution is 0.561. The molecule has 5 aromatic rings. The number of fused-ring (bicyclic) bond motifs is 2. The molecular formula is C28H22O2. The summed E-state index contributed by atoms with van der Waals surface area (Å²) in [6, 6.07) is 26.6. The van der Waals surface area contributed by atoms with Gasteiger partial charge in [0.25, 0.3) is 0 Å². The van der Waals surface area contributed by atoms with Gasteiger partial charge in [-0.15, -0.1) is 0 Å². The minimum Gasteiger partial charge on any atom is -0.423 e. The number of benzene rings is 4. The monoisotopic (exact) mass is 390 g/mol. The SMILES string of the molecule is Cc1cc2oc(=O)cc(-c3ccccc3)c2c(C)c1-c1ccc(C)c2ccccc12. The molecule has 30 heavy (non-hydrogen) atoms.